The molecule has 1 saturated carbocycles. The fourth-order valence-electron chi connectivity index (χ4n) is 2.39. The SMILES string of the molecule is COC(=O)c1cncc(C2CCCCCC2=O)c1. The van der Waals surface area contributed by atoms with E-state index in [4.69, 9.17) is 0 Å². The lowest BCUT2D eigenvalue weighted by Crippen LogP contribution is -2.12. The lowest BCUT2D eigenvalue weighted by Gasteiger charge is -2.13. The smallest absolute Gasteiger partial charge is 0.339 e. The molecule has 1 heterocycles. The van der Waals surface area contributed by atoms with E-state index in [9.17, 15) is 9.59 Å². The van der Waals surface area contributed by atoms with Gasteiger partial charge in [0.1, 0.15) is 5.78 Å². The monoisotopic (exact) mass is 247 g/mol. The lowest BCUT2D eigenvalue weighted by molar-refractivity contribution is -0.120. The van der Waals surface area contributed by atoms with Gasteiger partial charge in [0.25, 0.3) is 0 Å². The van der Waals surface area contributed by atoms with Crippen LogP contribution in [0.15, 0.2) is 18.5 Å². The number of nitrogens with zero attached hydrogens (tertiary/aromatic N) is 1. The average molecular weight is 247 g/mol. The highest BCUT2D eigenvalue weighted by Crippen LogP contribution is 2.29. The summed E-state index contributed by atoms with van der Waals surface area (Å²) in [6, 6.07) is 1.73. The fraction of sp³-hybridized carbons (Fsp3) is 0.500. The zero-order chi connectivity index (χ0) is 13.0. The van der Waals surface area contributed by atoms with Crippen molar-refractivity contribution in [3.63, 3.8) is 0 Å². The van der Waals surface area contributed by atoms with Crippen LogP contribution in [0.2, 0.25) is 0 Å². The van der Waals surface area contributed by atoms with E-state index in [-0.39, 0.29) is 11.7 Å². The maximum atomic E-state index is 12.0. The van der Waals surface area contributed by atoms with Gasteiger partial charge >= 0.3 is 5.97 Å². The Morgan fingerprint density at radius 1 is 1.33 bits per heavy atom. The number of Topliss-reactive ketones (excluding diaryl/α,β-unsaturated/α-hetero) is 1. The van der Waals surface area contributed by atoms with E-state index < -0.39 is 5.97 Å². The van der Waals surface area contributed by atoms with Crippen molar-refractivity contribution >= 4 is 11.8 Å². The highest BCUT2D eigenvalue weighted by molar-refractivity contribution is 5.90. The quantitative estimate of drug-likeness (QED) is 0.595. The summed E-state index contributed by atoms with van der Waals surface area (Å²) in [6.07, 6.45) is 7.76. The molecule has 0 bridgehead atoms. The minimum absolute atomic E-state index is 0.107. The van der Waals surface area contributed by atoms with Crippen molar-refractivity contribution in [3.05, 3.63) is 29.6 Å². The summed E-state index contributed by atoms with van der Waals surface area (Å²) >= 11 is 0. The summed E-state index contributed by atoms with van der Waals surface area (Å²) in [5.41, 5.74) is 1.25. The number of ether oxygens (including phenoxy) is 1. The predicted octanol–water partition coefficient (Wildman–Crippen LogP) is 2.49. The van der Waals surface area contributed by atoms with Gasteiger partial charge in [-0.15, -0.1) is 0 Å². The fourth-order valence-corrected chi connectivity index (χ4v) is 2.39. The summed E-state index contributed by atoms with van der Waals surface area (Å²) in [5.74, 6) is -0.258. The maximum absolute atomic E-state index is 12.0. The molecule has 2 rings (SSSR count). The molecule has 0 aliphatic heterocycles. The summed E-state index contributed by atoms with van der Waals surface area (Å²) in [7, 11) is 1.34. The Kier molecular flexibility index (Phi) is 4.07. The van der Waals surface area contributed by atoms with Crippen molar-refractivity contribution in [1.29, 1.82) is 0 Å². The molecule has 96 valence electrons. The molecule has 0 spiro atoms. The molecule has 1 atom stereocenters. The van der Waals surface area contributed by atoms with Gasteiger partial charge in [0.05, 0.1) is 12.7 Å². The summed E-state index contributed by atoms with van der Waals surface area (Å²) in [5, 5.41) is 0. The van der Waals surface area contributed by atoms with Crippen molar-refractivity contribution < 1.29 is 14.3 Å². The molecule has 1 aromatic rings. The van der Waals surface area contributed by atoms with Gasteiger partial charge in [0.15, 0.2) is 0 Å². The number of aromatic nitrogens is 1. The van der Waals surface area contributed by atoms with Crippen LogP contribution in [-0.2, 0) is 9.53 Å². The number of methoxy groups -OCH3 is 1. The molecule has 0 aromatic carbocycles. The van der Waals surface area contributed by atoms with Gasteiger partial charge in [-0.3, -0.25) is 9.78 Å². The van der Waals surface area contributed by atoms with E-state index in [1.165, 1.54) is 13.3 Å². The zero-order valence-electron chi connectivity index (χ0n) is 10.5. The molecular formula is C14H17NO3. The van der Waals surface area contributed by atoms with Crippen LogP contribution in [0.25, 0.3) is 0 Å². The second-order valence-electron chi connectivity index (χ2n) is 4.62. The normalized spacial score (nSPS) is 20.3. The van der Waals surface area contributed by atoms with Gasteiger partial charge in [0, 0.05) is 24.7 Å². The second-order valence-corrected chi connectivity index (χ2v) is 4.62. The number of pyridine rings is 1. The summed E-state index contributed by atoms with van der Waals surface area (Å²) in [4.78, 5) is 27.5. The largest absolute Gasteiger partial charge is 0.465 e. The van der Waals surface area contributed by atoms with Gasteiger partial charge in [-0.25, -0.2) is 4.79 Å². The van der Waals surface area contributed by atoms with Gasteiger partial charge in [-0.05, 0) is 24.5 Å². The van der Waals surface area contributed by atoms with E-state index in [2.05, 4.69) is 9.72 Å². The first-order valence-corrected chi connectivity index (χ1v) is 6.28. The Morgan fingerprint density at radius 3 is 2.94 bits per heavy atom. The van der Waals surface area contributed by atoms with E-state index >= 15 is 0 Å². The van der Waals surface area contributed by atoms with Crippen LogP contribution in [0.1, 0.15) is 53.9 Å². The van der Waals surface area contributed by atoms with Gasteiger partial charge in [-0.2, -0.15) is 0 Å². The molecular weight excluding hydrogens is 230 g/mol. The molecule has 0 radical (unpaired) electrons. The first-order chi connectivity index (χ1) is 8.72. The van der Waals surface area contributed by atoms with Crippen LogP contribution in [0.4, 0.5) is 0 Å². The van der Waals surface area contributed by atoms with Gasteiger partial charge in [0.2, 0.25) is 0 Å². The van der Waals surface area contributed by atoms with Crippen LogP contribution in [0.5, 0.6) is 0 Å². The molecule has 0 amide bonds. The van der Waals surface area contributed by atoms with Crippen LogP contribution < -0.4 is 0 Å². The molecule has 1 aliphatic rings. The van der Waals surface area contributed by atoms with Gasteiger partial charge in [-0.1, -0.05) is 12.8 Å². The molecule has 18 heavy (non-hydrogen) atoms. The Balaban J connectivity index is 2.26. The molecule has 1 aliphatic carbocycles. The second kappa shape index (κ2) is 5.76. The Hall–Kier alpha value is -1.71. The standard InChI is InChI=1S/C14H17NO3/c1-18-14(17)11-7-10(8-15-9-11)12-5-3-2-4-6-13(12)16/h7-9,12H,2-6H2,1H3. The van der Waals surface area contributed by atoms with E-state index in [0.717, 1.165) is 31.2 Å². The highest BCUT2D eigenvalue weighted by atomic mass is 16.5. The molecule has 4 nitrogen and oxygen atoms in total. The van der Waals surface area contributed by atoms with Crippen molar-refractivity contribution in [1.82, 2.24) is 4.98 Å². The highest BCUT2D eigenvalue weighted by Gasteiger charge is 2.23. The number of carbonyl (C=O) groups excluding carboxylic acids is 2. The number of hydrogen-bond acceptors (Lipinski definition) is 4. The molecule has 1 fully saturated rings. The van der Waals surface area contributed by atoms with Crippen LogP contribution >= 0.6 is 0 Å². The number of ketones is 1. The molecule has 1 unspecified atom stereocenters. The minimum Gasteiger partial charge on any atom is -0.465 e. The van der Waals surface area contributed by atoms with Crippen molar-refractivity contribution in [3.8, 4) is 0 Å². The first-order valence-electron chi connectivity index (χ1n) is 6.28. The number of carbonyl (C=O) groups is 2. The molecule has 0 saturated heterocycles. The Morgan fingerprint density at radius 2 is 2.17 bits per heavy atom. The molecule has 0 N–H and O–H groups in total. The van der Waals surface area contributed by atoms with E-state index in [1.807, 2.05) is 0 Å². The van der Waals surface area contributed by atoms with Crippen molar-refractivity contribution in [2.75, 3.05) is 7.11 Å². The van der Waals surface area contributed by atoms with Crippen molar-refractivity contribution in [2.45, 2.75) is 38.0 Å². The van der Waals surface area contributed by atoms with E-state index in [1.54, 1.807) is 12.3 Å². The lowest BCUT2D eigenvalue weighted by atomic mass is 9.91. The van der Waals surface area contributed by atoms with E-state index in [0.29, 0.717) is 12.0 Å². The molecule has 1 aromatic heterocycles. The first kappa shape index (κ1) is 12.7. The average Bonchev–Trinajstić information content (AvgIpc) is 2.62. The number of rotatable bonds is 2. The maximum Gasteiger partial charge on any atom is 0.339 e. The van der Waals surface area contributed by atoms with Crippen molar-refractivity contribution in [2.24, 2.45) is 0 Å². The summed E-state index contributed by atoms with van der Waals surface area (Å²) in [6.45, 7) is 0. The Bertz CT molecular complexity index is 456. The topological polar surface area (TPSA) is 56.3 Å². The third-order valence-electron chi connectivity index (χ3n) is 3.39. The zero-order valence-corrected chi connectivity index (χ0v) is 10.5. The molecule has 4 heteroatoms. The third kappa shape index (κ3) is 2.75. The van der Waals surface area contributed by atoms with Crippen LogP contribution in [-0.4, -0.2) is 23.8 Å². The number of esters is 1. The predicted molar refractivity (Wildman–Crippen MR) is 66.4 cm³/mol. The summed E-state index contributed by atoms with van der Waals surface area (Å²) < 4.78 is 4.67. The number of hydrogen-bond donors (Lipinski definition) is 0. The minimum atomic E-state index is -0.412. The van der Waals surface area contributed by atoms with Crippen LogP contribution in [0, 0.1) is 0 Å². The van der Waals surface area contributed by atoms with Gasteiger partial charge < -0.3 is 4.74 Å². The van der Waals surface area contributed by atoms with Crippen LogP contribution in [0.3, 0.4) is 0 Å². The Labute approximate surface area is 106 Å². The third-order valence-corrected chi connectivity index (χ3v) is 3.39.